The van der Waals surface area contributed by atoms with E-state index in [1.54, 1.807) is 24.3 Å². The molecule has 2 rings (SSSR count). The normalized spacial score (nSPS) is 10.9. The topological polar surface area (TPSA) is 66.2 Å². The third-order valence-corrected chi connectivity index (χ3v) is 3.77. The summed E-state index contributed by atoms with van der Waals surface area (Å²) in [4.78, 5) is 10.1. The molecule has 0 aromatic heterocycles. The van der Waals surface area contributed by atoms with Crippen LogP contribution in [0.15, 0.2) is 45.3 Å². The van der Waals surface area contributed by atoms with Crippen molar-refractivity contribution in [2.24, 2.45) is 0 Å². The van der Waals surface area contributed by atoms with Gasteiger partial charge in [-0.05, 0) is 35.4 Å². The van der Waals surface area contributed by atoms with Gasteiger partial charge < -0.3 is 5.11 Å². The second-order valence-corrected chi connectivity index (χ2v) is 5.70. The number of hydrogen-bond acceptors (Lipinski definition) is 3. The summed E-state index contributed by atoms with van der Waals surface area (Å²) in [6, 6.07) is 9.67. The van der Waals surface area contributed by atoms with E-state index in [9.17, 15) is 15.2 Å². The lowest BCUT2D eigenvalue weighted by atomic mass is 10.1. The predicted octanol–water partition coefficient (Wildman–Crippen LogP) is 4.36. The molecular weight excluding hydrogens is 390 g/mol. The molecule has 0 amide bonds. The summed E-state index contributed by atoms with van der Waals surface area (Å²) >= 11 is 6.39. The Labute approximate surface area is 132 Å². The second kappa shape index (κ2) is 6.19. The largest absolute Gasteiger partial charge is 0.871 e. The van der Waals surface area contributed by atoms with Gasteiger partial charge in [-0.1, -0.05) is 49.8 Å². The van der Waals surface area contributed by atoms with Gasteiger partial charge in [0, 0.05) is 21.1 Å². The predicted molar refractivity (Wildman–Crippen MR) is 83.3 cm³/mol. The van der Waals surface area contributed by atoms with Crippen LogP contribution in [0.25, 0.3) is 12.2 Å². The van der Waals surface area contributed by atoms with Gasteiger partial charge in [-0.2, -0.15) is 0 Å². The van der Waals surface area contributed by atoms with Gasteiger partial charge in [-0.25, -0.2) is 0 Å². The second-order valence-electron chi connectivity index (χ2n) is 4.00. The maximum Gasteiger partial charge on any atom is 0.269 e. The Morgan fingerprint density at radius 2 is 1.45 bits per heavy atom. The number of non-ortho nitro benzene ring substituents is 1. The molecule has 0 bridgehead atoms. The quantitative estimate of drug-likeness (QED) is 0.439. The molecule has 0 atom stereocenters. The van der Waals surface area contributed by atoms with Crippen LogP contribution < -0.4 is 5.11 Å². The molecular formula is C14H8Br2NO3-. The molecule has 102 valence electrons. The molecule has 0 aliphatic rings. The van der Waals surface area contributed by atoms with Crippen molar-refractivity contribution in [2.45, 2.75) is 0 Å². The molecule has 2 aromatic rings. The fourth-order valence-corrected chi connectivity index (χ4v) is 2.80. The fraction of sp³-hybridized carbons (Fsp3) is 0. The molecule has 0 aliphatic heterocycles. The van der Waals surface area contributed by atoms with Crippen molar-refractivity contribution in [1.82, 2.24) is 0 Å². The lowest BCUT2D eigenvalue weighted by molar-refractivity contribution is -0.384. The Balaban J connectivity index is 2.23. The van der Waals surface area contributed by atoms with E-state index in [-0.39, 0.29) is 11.4 Å². The zero-order valence-electron chi connectivity index (χ0n) is 10.0. The van der Waals surface area contributed by atoms with Gasteiger partial charge in [-0.3, -0.25) is 10.1 Å². The molecule has 4 nitrogen and oxygen atoms in total. The van der Waals surface area contributed by atoms with Crippen molar-refractivity contribution < 1.29 is 10.0 Å². The monoisotopic (exact) mass is 396 g/mol. The molecule has 0 spiro atoms. The van der Waals surface area contributed by atoms with Crippen LogP contribution in [0, 0.1) is 10.1 Å². The Kier molecular flexibility index (Phi) is 4.57. The molecule has 0 saturated carbocycles. The minimum atomic E-state index is -0.436. The van der Waals surface area contributed by atoms with E-state index in [4.69, 9.17) is 0 Å². The Bertz CT molecular complexity index is 658. The minimum absolute atomic E-state index is 0.0587. The van der Waals surface area contributed by atoms with Crippen molar-refractivity contribution in [3.8, 4) is 5.75 Å². The summed E-state index contributed by atoms with van der Waals surface area (Å²) in [6.45, 7) is 0. The molecule has 0 N–H and O–H groups in total. The molecule has 0 heterocycles. The zero-order valence-corrected chi connectivity index (χ0v) is 13.2. The highest BCUT2D eigenvalue weighted by Crippen LogP contribution is 2.31. The highest BCUT2D eigenvalue weighted by molar-refractivity contribution is 9.11. The number of nitro groups is 1. The number of nitrogens with zero attached hydrogens (tertiary/aromatic N) is 1. The van der Waals surface area contributed by atoms with E-state index in [1.807, 2.05) is 12.2 Å². The molecule has 2 aromatic carbocycles. The summed E-state index contributed by atoms with van der Waals surface area (Å²) in [5.74, 6) is -0.0996. The van der Waals surface area contributed by atoms with E-state index < -0.39 is 4.92 Å². The lowest BCUT2D eigenvalue weighted by Gasteiger charge is -2.12. The molecule has 0 radical (unpaired) electrons. The number of halogens is 2. The van der Waals surface area contributed by atoms with Crippen molar-refractivity contribution in [2.75, 3.05) is 0 Å². The average Bonchev–Trinajstić information content (AvgIpc) is 2.42. The molecule has 20 heavy (non-hydrogen) atoms. The van der Waals surface area contributed by atoms with Crippen molar-refractivity contribution in [3.63, 3.8) is 0 Å². The Hall–Kier alpha value is -1.66. The van der Waals surface area contributed by atoms with Crippen LogP contribution in [0.2, 0.25) is 0 Å². The van der Waals surface area contributed by atoms with Crippen LogP contribution >= 0.6 is 31.9 Å². The van der Waals surface area contributed by atoms with Gasteiger partial charge in [0.25, 0.3) is 5.69 Å². The first-order chi connectivity index (χ1) is 9.47. The Morgan fingerprint density at radius 1 is 0.950 bits per heavy atom. The first-order valence-corrected chi connectivity index (χ1v) is 7.14. The highest BCUT2D eigenvalue weighted by Gasteiger charge is 2.02. The van der Waals surface area contributed by atoms with Crippen LogP contribution in [0.4, 0.5) is 5.69 Å². The third-order valence-electron chi connectivity index (χ3n) is 2.59. The standard InChI is InChI=1S/C14H9Br2NO3/c15-12-7-10(8-13(16)14(12)18)2-1-9-3-5-11(6-4-9)17(19)20/h1-8,18H/p-1/b2-1+. The minimum Gasteiger partial charge on any atom is -0.871 e. The van der Waals surface area contributed by atoms with Crippen molar-refractivity contribution >= 4 is 49.7 Å². The number of hydrogen-bond donors (Lipinski definition) is 0. The smallest absolute Gasteiger partial charge is 0.269 e. The molecule has 0 fully saturated rings. The van der Waals surface area contributed by atoms with Crippen molar-refractivity contribution in [1.29, 1.82) is 0 Å². The Morgan fingerprint density at radius 3 is 1.95 bits per heavy atom. The average molecular weight is 398 g/mol. The summed E-state index contributed by atoms with van der Waals surface area (Å²) in [6.07, 6.45) is 3.65. The van der Waals surface area contributed by atoms with E-state index >= 15 is 0 Å². The first-order valence-electron chi connectivity index (χ1n) is 5.56. The number of benzene rings is 2. The van der Waals surface area contributed by atoms with Gasteiger partial charge in [-0.15, -0.1) is 0 Å². The molecule has 0 saturated heterocycles. The molecule has 0 unspecified atom stereocenters. The third kappa shape index (κ3) is 3.46. The maximum atomic E-state index is 11.5. The SMILES string of the molecule is O=[N+]([O-])c1ccc(/C=C/c2cc(Br)c([O-])c(Br)c2)cc1. The van der Waals surface area contributed by atoms with E-state index in [0.29, 0.717) is 8.95 Å². The first kappa shape index (κ1) is 14.7. The fourth-order valence-electron chi connectivity index (χ4n) is 1.58. The van der Waals surface area contributed by atoms with E-state index in [1.165, 1.54) is 12.1 Å². The summed E-state index contributed by atoms with van der Waals surface area (Å²) in [5, 5.41) is 22.1. The molecule has 0 aliphatic carbocycles. The highest BCUT2D eigenvalue weighted by atomic mass is 79.9. The van der Waals surface area contributed by atoms with E-state index in [2.05, 4.69) is 31.9 Å². The van der Waals surface area contributed by atoms with Crippen LogP contribution in [0.5, 0.6) is 5.75 Å². The van der Waals surface area contributed by atoms with Gasteiger partial charge in [0.15, 0.2) is 0 Å². The van der Waals surface area contributed by atoms with Gasteiger partial charge in [0.1, 0.15) is 0 Å². The van der Waals surface area contributed by atoms with Crippen LogP contribution in [-0.2, 0) is 0 Å². The van der Waals surface area contributed by atoms with E-state index in [0.717, 1.165) is 11.1 Å². The summed E-state index contributed by atoms with van der Waals surface area (Å²) < 4.78 is 0.963. The number of nitro benzene ring substituents is 1. The van der Waals surface area contributed by atoms with Crippen LogP contribution in [0.1, 0.15) is 11.1 Å². The zero-order chi connectivity index (χ0) is 14.7. The van der Waals surface area contributed by atoms with Crippen LogP contribution in [0.3, 0.4) is 0 Å². The molecule has 6 heteroatoms. The van der Waals surface area contributed by atoms with Crippen molar-refractivity contribution in [3.05, 3.63) is 66.6 Å². The number of rotatable bonds is 3. The maximum absolute atomic E-state index is 11.5. The summed E-state index contributed by atoms with van der Waals surface area (Å²) in [5.41, 5.74) is 1.75. The van der Waals surface area contributed by atoms with Gasteiger partial charge in [0.05, 0.1) is 4.92 Å². The van der Waals surface area contributed by atoms with Gasteiger partial charge in [0.2, 0.25) is 0 Å². The lowest BCUT2D eigenvalue weighted by Crippen LogP contribution is -1.92. The van der Waals surface area contributed by atoms with Gasteiger partial charge >= 0.3 is 0 Å². The van der Waals surface area contributed by atoms with Crippen LogP contribution in [-0.4, -0.2) is 4.92 Å². The summed E-state index contributed by atoms with van der Waals surface area (Å²) in [7, 11) is 0.